The van der Waals surface area contributed by atoms with Gasteiger partial charge in [-0.1, -0.05) is 54.6 Å². The Labute approximate surface area is 169 Å². The van der Waals surface area contributed by atoms with Crippen molar-refractivity contribution in [3.63, 3.8) is 0 Å². The Morgan fingerprint density at radius 3 is 2.45 bits per heavy atom. The maximum Gasteiger partial charge on any atom is 0.267 e. The van der Waals surface area contributed by atoms with E-state index < -0.39 is 5.91 Å². The van der Waals surface area contributed by atoms with Gasteiger partial charge in [-0.3, -0.25) is 14.8 Å². The van der Waals surface area contributed by atoms with Crippen molar-refractivity contribution < 1.29 is 14.8 Å². The van der Waals surface area contributed by atoms with Crippen molar-refractivity contribution in [2.75, 3.05) is 0 Å². The minimum absolute atomic E-state index is 0.0426. The van der Waals surface area contributed by atoms with Gasteiger partial charge in [0.1, 0.15) is 0 Å². The molecule has 0 aromatic heterocycles. The number of hydrogen-bond donors (Lipinski definition) is 3. The van der Waals surface area contributed by atoms with Gasteiger partial charge in [0.05, 0.1) is 0 Å². The standard InChI is InChI=1S/C24H22N2O3/c27-23(26-29)14-9-16-5-7-17(8-6-16)15-22(24(28)25-19-11-12-19)21-13-10-18-3-1-2-4-20(18)21/h1-9,13-15,19,29H,10-12H2,(H,25,28)(H,26,27)/b14-9+,22-15+. The van der Waals surface area contributed by atoms with Crippen molar-refractivity contribution in [1.29, 1.82) is 0 Å². The number of allylic oxidation sites excluding steroid dienone is 1. The van der Waals surface area contributed by atoms with Gasteiger partial charge in [0.15, 0.2) is 0 Å². The van der Waals surface area contributed by atoms with E-state index in [-0.39, 0.29) is 11.9 Å². The van der Waals surface area contributed by atoms with E-state index in [9.17, 15) is 9.59 Å². The van der Waals surface area contributed by atoms with Crippen LogP contribution in [0.25, 0.3) is 17.7 Å². The van der Waals surface area contributed by atoms with Gasteiger partial charge in [0.25, 0.3) is 11.8 Å². The molecule has 5 heteroatoms. The first-order chi connectivity index (χ1) is 14.1. The molecular formula is C24H22N2O3. The Morgan fingerprint density at radius 2 is 1.72 bits per heavy atom. The third-order valence-electron chi connectivity index (χ3n) is 5.07. The number of benzene rings is 2. The first-order valence-electron chi connectivity index (χ1n) is 9.67. The van der Waals surface area contributed by atoms with E-state index in [2.05, 4.69) is 23.5 Å². The van der Waals surface area contributed by atoms with Crippen LogP contribution in [0.1, 0.15) is 35.1 Å². The van der Waals surface area contributed by atoms with Crippen LogP contribution in [0.4, 0.5) is 0 Å². The van der Waals surface area contributed by atoms with Crippen LogP contribution in [-0.2, 0) is 16.0 Å². The second kappa shape index (κ2) is 8.29. The minimum atomic E-state index is -0.583. The van der Waals surface area contributed by atoms with E-state index >= 15 is 0 Å². The molecule has 146 valence electrons. The first kappa shape index (κ1) is 18.9. The van der Waals surface area contributed by atoms with E-state index in [1.807, 2.05) is 42.5 Å². The van der Waals surface area contributed by atoms with Crippen LogP contribution in [0.15, 0.2) is 66.3 Å². The molecule has 29 heavy (non-hydrogen) atoms. The van der Waals surface area contributed by atoms with Gasteiger partial charge in [-0.25, -0.2) is 5.48 Å². The Morgan fingerprint density at radius 1 is 1.00 bits per heavy atom. The van der Waals surface area contributed by atoms with E-state index in [1.54, 1.807) is 11.6 Å². The molecule has 0 unspecified atom stereocenters. The second-order valence-corrected chi connectivity index (χ2v) is 7.26. The normalized spacial score (nSPS) is 15.8. The fraction of sp³-hybridized carbons (Fsp3) is 0.167. The summed E-state index contributed by atoms with van der Waals surface area (Å²) in [7, 11) is 0. The first-order valence-corrected chi connectivity index (χ1v) is 9.67. The molecule has 0 spiro atoms. The van der Waals surface area contributed by atoms with Gasteiger partial charge in [-0.2, -0.15) is 0 Å². The molecule has 0 radical (unpaired) electrons. The van der Waals surface area contributed by atoms with Crippen molar-refractivity contribution >= 4 is 29.5 Å². The van der Waals surface area contributed by atoms with Crippen molar-refractivity contribution in [2.24, 2.45) is 0 Å². The second-order valence-electron chi connectivity index (χ2n) is 7.26. The van der Waals surface area contributed by atoms with Crippen molar-refractivity contribution in [2.45, 2.75) is 25.3 Å². The van der Waals surface area contributed by atoms with Crippen molar-refractivity contribution in [3.8, 4) is 0 Å². The highest BCUT2D eigenvalue weighted by atomic mass is 16.5. The smallest absolute Gasteiger partial charge is 0.267 e. The summed E-state index contributed by atoms with van der Waals surface area (Å²) in [5, 5.41) is 11.7. The largest absolute Gasteiger partial charge is 0.349 e. The van der Waals surface area contributed by atoms with Crippen LogP contribution in [0.3, 0.4) is 0 Å². The zero-order valence-corrected chi connectivity index (χ0v) is 15.9. The third-order valence-corrected chi connectivity index (χ3v) is 5.07. The van der Waals surface area contributed by atoms with Crippen LogP contribution in [0.2, 0.25) is 0 Å². The van der Waals surface area contributed by atoms with Gasteiger partial charge in [0.2, 0.25) is 0 Å². The highest BCUT2D eigenvalue weighted by molar-refractivity contribution is 6.14. The topological polar surface area (TPSA) is 78.4 Å². The molecule has 0 bridgehead atoms. The molecule has 1 saturated carbocycles. The Hall–Kier alpha value is -3.44. The highest BCUT2D eigenvalue weighted by Crippen LogP contribution is 2.34. The molecule has 0 atom stereocenters. The van der Waals surface area contributed by atoms with Gasteiger partial charge in [-0.05, 0) is 59.2 Å². The molecular weight excluding hydrogens is 364 g/mol. The van der Waals surface area contributed by atoms with Crippen molar-refractivity contribution in [1.82, 2.24) is 10.8 Å². The lowest BCUT2D eigenvalue weighted by atomic mass is 9.96. The van der Waals surface area contributed by atoms with E-state index in [0.717, 1.165) is 41.5 Å². The Kier molecular flexibility index (Phi) is 5.40. The lowest BCUT2D eigenvalue weighted by Gasteiger charge is -2.12. The fourth-order valence-electron chi connectivity index (χ4n) is 3.37. The van der Waals surface area contributed by atoms with E-state index in [4.69, 9.17) is 5.21 Å². The summed E-state index contributed by atoms with van der Waals surface area (Å²) in [5.74, 6) is -0.626. The maximum absolute atomic E-state index is 13.0. The van der Waals surface area contributed by atoms with Gasteiger partial charge >= 0.3 is 0 Å². The number of hydroxylamine groups is 1. The molecule has 2 aromatic carbocycles. The molecule has 4 rings (SSSR count). The fourth-order valence-corrected chi connectivity index (χ4v) is 3.37. The number of carbonyl (C=O) groups excluding carboxylic acids is 2. The van der Waals surface area contributed by atoms with Crippen LogP contribution >= 0.6 is 0 Å². The Balaban J connectivity index is 1.63. The zero-order chi connectivity index (χ0) is 20.2. The summed E-state index contributed by atoms with van der Waals surface area (Å²) in [4.78, 5) is 24.1. The number of carbonyl (C=O) groups is 2. The summed E-state index contributed by atoms with van der Waals surface area (Å²) < 4.78 is 0. The number of nitrogens with one attached hydrogen (secondary N) is 2. The molecule has 3 N–H and O–H groups in total. The summed E-state index contributed by atoms with van der Waals surface area (Å²) in [6.45, 7) is 0. The molecule has 2 aliphatic rings. The molecule has 0 saturated heterocycles. The molecule has 0 aliphatic heterocycles. The Bertz CT molecular complexity index is 1030. The monoisotopic (exact) mass is 386 g/mol. The van der Waals surface area contributed by atoms with E-state index in [1.165, 1.54) is 11.6 Å². The predicted octanol–water partition coefficient (Wildman–Crippen LogP) is 3.51. The van der Waals surface area contributed by atoms with Crippen LogP contribution in [0, 0.1) is 0 Å². The number of rotatable bonds is 6. The van der Waals surface area contributed by atoms with Crippen LogP contribution in [-0.4, -0.2) is 23.1 Å². The van der Waals surface area contributed by atoms with Gasteiger partial charge in [0, 0.05) is 17.7 Å². The van der Waals surface area contributed by atoms with Crippen molar-refractivity contribution in [3.05, 3.63) is 88.5 Å². The highest BCUT2D eigenvalue weighted by Gasteiger charge is 2.27. The van der Waals surface area contributed by atoms with Crippen LogP contribution in [0.5, 0.6) is 0 Å². The van der Waals surface area contributed by atoms with E-state index in [0.29, 0.717) is 5.57 Å². The molecule has 2 aliphatic carbocycles. The predicted molar refractivity (Wildman–Crippen MR) is 113 cm³/mol. The average molecular weight is 386 g/mol. The number of amides is 2. The maximum atomic E-state index is 13.0. The van der Waals surface area contributed by atoms with Gasteiger partial charge in [-0.15, -0.1) is 0 Å². The zero-order valence-electron chi connectivity index (χ0n) is 15.9. The number of hydrogen-bond acceptors (Lipinski definition) is 3. The third kappa shape index (κ3) is 4.52. The summed E-state index contributed by atoms with van der Waals surface area (Å²) in [5.41, 5.74) is 7.27. The van der Waals surface area contributed by atoms with Crippen LogP contribution < -0.4 is 10.8 Å². The lowest BCUT2D eigenvalue weighted by molar-refractivity contribution is -0.124. The average Bonchev–Trinajstić information content (AvgIpc) is 3.46. The molecule has 2 aromatic rings. The lowest BCUT2D eigenvalue weighted by Crippen LogP contribution is -2.27. The molecule has 2 amide bonds. The molecule has 1 fully saturated rings. The SMILES string of the molecule is O=C(/C=C/c1ccc(/C=C(/C(=O)NC2CC2)C2=CCc3ccccc32)cc1)NO. The summed E-state index contributed by atoms with van der Waals surface area (Å²) in [6.07, 6.45) is 9.80. The minimum Gasteiger partial charge on any atom is -0.349 e. The van der Waals surface area contributed by atoms with Gasteiger partial charge < -0.3 is 5.32 Å². The molecule has 0 heterocycles. The quantitative estimate of drug-likeness (QED) is 0.404. The summed E-state index contributed by atoms with van der Waals surface area (Å²) >= 11 is 0. The number of fused-ring (bicyclic) bond motifs is 1. The summed E-state index contributed by atoms with van der Waals surface area (Å²) in [6, 6.07) is 16.0. The molecule has 5 nitrogen and oxygen atoms in total.